The van der Waals surface area contributed by atoms with Crippen molar-refractivity contribution < 1.29 is 8.42 Å². The molecule has 1 saturated heterocycles. The fraction of sp³-hybridized carbons (Fsp3) is 0.778. The van der Waals surface area contributed by atoms with Gasteiger partial charge in [-0.2, -0.15) is 4.31 Å². The van der Waals surface area contributed by atoms with Crippen LogP contribution in [0, 0.1) is 5.92 Å². The van der Waals surface area contributed by atoms with Gasteiger partial charge in [-0.05, 0) is 28.3 Å². The van der Waals surface area contributed by atoms with Crippen LogP contribution in [0.4, 0.5) is 0 Å². The summed E-state index contributed by atoms with van der Waals surface area (Å²) in [5, 5.41) is 7.54. The predicted molar refractivity (Wildman–Crippen MR) is 74.0 cm³/mol. The summed E-state index contributed by atoms with van der Waals surface area (Å²) < 4.78 is 28.1. The summed E-state index contributed by atoms with van der Waals surface area (Å²) in [5.74, 6) is 0.476. The third-order valence-corrected chi connectivity index (χ3v) is 7.10. The summed E-state index contributed by atoms with van der Waals surface area (Å²) >= 11 is 6.67. The van der Waals surface area contributed by atoms with Crippen LogP contribution in [0.25, 0.3) is 0 Å². The first-order chi connectivity index (χ1) is 8.34. The SMILES string of the molecule is CC1CCN(S(=O)(=O)c2c(Br)nnn2C)CC1Br. The highest BCUT2D eigenvalue weighted by Crippen LogP contribution is 2.29. The normalized spacial score (nSPS) is 26.4. The van der Waals surface area contributed by atoms with Gasteiger partial charge in [0, 0.05) is 25.0 Å². The van der Waals surface area contributed by atoms with E-state index in [1.807, 2.05) is 0 Å². The molecule has 2 unspecified atom stereocenters. The molecule has 0 aromatic carbocycles. The van der Waals surface area contributed by atoms with Crippen LogP contribution in [0.5, 0.6) is 0 Å². The average molecular weight is 402 g/mol. The van der Waals surface area contributed by atoms with Crippen molar-refractivity contribution in [3.8, 4) is 0 Å². The lowest BCUT2D eigenvalue weighted by molar-refractivity contribution is 0.298. The van der Waals surface area contributed by atoms with E-state index in [9.17, 15) is 8.42 Å². The number of piperidine rings is 1. The van der Waals surface area contributed by atoms with Crippen molar-refractivity contribution >= 4 is 41.9 Å². The molecule has 102 valence electrons. The first kappa shape index (κ1) is 14.4. The van der Waals surface area contributed by atoms with Crippen molar-refractivity contribution in [2.45, 2.75) is 23.2 Å². The average Bonchev–Trinajstić information content (AvgIpc) is 2.62. The van der Waals surface area contributed by atoms with E-state index < -0.39 is 10.0 Å². The van der Waals surface area contributed by atoms with Gasteiger partial charge < -0.3 is 0 Å². The van der Waals surface area contributed by atoms with E-state index in [0.717, 1.165) is 6.42 Å². The largest absolute Gasteiger partial charge is 0.263 e. The molecule has 1 aliphatic rings. The molecule has 6 nitrogen and oxygen atoms in total. The molecule has 0 radical (unpaired) electrons. The number of alkyl halides is 1. The quantitative estimate of drug-likeness (QED) is 0.702. The Labute approximate surface area is 123 Å². The van der Waals surface area contributed by atoms with Crippen LogP contribution in [-0.2, 0) is 17.1 Å². The van der Waals surface area contributed by atoms with E-state index in [4.69, 9.17) is 0 Å². The number of aryl methyl sites for hydroxylation is 1. The number of halogens is 2. The van der Waals surface area contributed by atoms with Gasteiger partial charge in [-0.25, -0.2) is 13.1 Å². The van der Waals surface area contributed by atoms with Gasteiger partial charge in [0.25, 0.3) is 10.0 Å². The van der Waals surface area contributed by atoms with Crippen LogP contribution in [-0.4, -0.2) is 45.6 Å². The molecule has 1 aromatic rings. The summed E-state index contributed by atoms with van der Waals surface area (Å²) in [5.41, 5.74) is 0. The number of sulfonamides is 1. The molecule has 9 heteroatoms. The Morgan fingerprint density at radius 3 is 2.61 bits per heavy atom. The molecule has 0 bridgehead atoms. The molecule has 0 spiro atoms. The minimum atomic E-state index is -3.54. The van der Waals surface area contributed by atoms with Crippen molar-refractivity contribution in [1.29, 1.82) is 0 Å². The van der Waals surface area contributed by atoms with E-state index in [1.54, 1.807) is 7.05 Å². The fourth-order valence-electron chi connectivity index (χ4n) is 1.93. The third kappa shape index (κ3) is 2.50. The highest BCUT2D eigenvalue weighted by Gasteiger charge is 2.35. The Balaban J connectivity index is 2.33. The maximum atomic E-state index is 12.5. The van der Waals surface area contributed by atoms with Crippen molar-refractivity contribution in [1.82, 2.24) is 19.3 Å². The molecule has 2 rings (SSSR count). The van der Waals surface area contributed by atoms with Gasteiger partial charge in [0.2, 0.25) is 5.03 Å². The second kappa shape index (κ2) is 5.18. The first-order valence-corrected chi connectivity index (χ1v) is 8.68. The third-order valence-electron chi connectivity index (χ3n) is 3.15. The zero-order valence-electron chi connectivity index (χ0n) is 10.0. The number of rotatable bonds is 2. The molecule has 1 aromatic heterocycles. The predicted octanol–water partition coefficient (Wildman–Crippen LogP) is 1.37. The number of hydrogen-bond donors (Lipinski definition) is 0. The van der Waals surface area contributed by atoms with Gasteiger partial charge in [-0.15, -0.1) is 5.10 Å². The summed E-state index contributed by atoms with van der Waals surface area (Å²) in [6.07, 6.45) is 0.845. The van der Waals surface area contributed by atoms with Crippen molar-refractivity contribution in [2.75, 3.05) is 13.1 Å². The topological polar surface area (TPSA) is 68.1 Å². The van der Waals surface area contributed by atoms with Crippen LogP contribution in [0.1, 0.15) is 13.3 Å². The zero-order chi connectivity index (χ0) is 13.5. The molecule has 18 heavy (non-hydrogen) atoms. The molecule has 0 aliphatic carbocycles. The van der Waals surface area contributed by atoms with E-state index in [-0.39, 0.29) is 14.5 Å². The molecular weight excluding hydrogens is 388 g/mol. The van der Waals surface area contributed by atoms with Gasteiger partial charge in [0.1, 0.15) is 0 Å². The molecule has 0 saturated carbocycles. The van der Waals surface area contributed by atoms with Crippen LogP contribution in [0.3, 0.4) is 0 Å². The van der Waals surface area contributed by atoms with E-state index >= 15 is 0 Å². The van der Waals surface area contributed by atoms with Crippen molar-refractivity contribution in [3.05, 3.63) is 4.60 Å². The monoisotopic (exact) mass is 400 g/mol. The summed E-state index contributed by atoms with van der Waals surface area (Å²) in [7, 11) is -1.97. The minimum Gasteiger partial charge on any atom is -0.235 e. The van der Waals surface area contributed by atoms with Gasteiger partial charge in [-0.3, -0.25) is 0 Å². The van der Waals surface area contributed by atoms with Crippen molar-refractivity contribution in [2.24, 2.45) is 13.0 Å². The van der Waals surface area contributed by atoms with Crippen LogP contribution >= 0.6 is 31.9 Å². The van der Waals surface area contributed by atoms with Gasteiger partial charge in [-0.1, -0.05) is 28.1 Å². The van der Waals surface area contributed by atoms with E-state index in [0.29, 0.717) is 19.0 Å². The van der Waals surface area contributed by atoms with Crippen LogP contribution in [0.2, 0.25) is 0 Å². The number of aromatic nitrogens is 3. The van der Waals surface area contributed by atoms with Gasteiger partial charge >= 0.3 is 0 Å². The molecule has 0 amide bonds. The second-order valence-electron chi connectivity index (χ2n) is 4.45. The molecule has 1 fully saturated rings. The van der Waals surface area contributed by atoms with Crippen LogP contribution < -0.4 is 0 Å². The fourth-order valence-corrected chi connectivity index (χ4v) is 5.25. The molecule has 2 heterocycles. The lowest BCUT2D eigenvalue weighted by atomic mass is 10.0. The van der Waals surface area contributed by atoms with E-state index in [1.165, 1.54) is 8.99 Å². The smallest absolute Gasteiger partial charge is 0.235 e. The summed E-state index contributed by atoms with van der Waals surface area (Å²) in [4.78, 5) is 0.181. The highest BCUT2D eigenvalue weighted by molar-refractivity contribution is 9.10. The Hall–Kier alpha value is 0.01000. The van der Waals surface area contributed by atoms with Crippen LogP contribution in [0.15, 0.2) is 9.63 Å². The zero-order valence-corrected chi connectivity index (χ0v) is 14.0. The van der Waals surface area contributed by atoms with Gasteiger partial charge in [0.15, 0.2) is 4.60 Å². The lowest BCUT2D eigenvalue weighted by Crippen LogP contribution is -2.44. The molecule has 1 aliphatic heterocycles. The maximum Gasteiger partial charge on any atom is 0.263 e. The van der Waals surface area contributed by atoms with Gasteiger partial charge in [0.05, 0.1) is 0 Å². The highest BCUT2D eigenvalue weighted by atomic mass is 79.9. The first-order valence-electron chi connectivity index (χ1n) is 5.53. The molecule has 0 N–H and O–H groups in total. The standard InChI is InChI=1S/C9H14Br2N4O2S/c1-6-3-4-15(5-7(6)10)18(16,17)9-8(11)12-13-14(9)2/h6-7H,3-5H2,1-2H3. The Morgan fingerprint density at radius 2 is 2.11 bits per heavy atom. The Kier molecular flexibility index (Phi) is 4.15. The Bertz CT molecular complexity index is 525. The Morgan fingerprint density at radius 1 is 1.44 bits per heavy atom. The summed E-state index contributed by atoms with van der Waals surface area (Å²) in [6.45, 7) is 3.12. The van der Waals surface area contributed by atoms with E-state index in [2.05, 4.69) is 49.1 Å². The minimum absolute atomic E-state index is 0.108. The lowest BCUT2D eigenvalue weighted by Gasteiger charge is -2.33. The number of nitrogens with zero attached hydrogens (tertiary/aromatic N) is 4. The van der Waals surface area contributed by atoms with Crippen molar-refractivity contribution in [3.63, 3.8) is 0 Å². The summed E-state index contributed by atoms with van der Waals surface area (Å²) in [6, 6.07) is 0. The maximum absolute atomic E-state index is 12.5. The molecular formula is C9H14Br2N4O2S. The second-order valence-corrected chi connectivity index (χ2v) is 8.23. The molecule has 2 atom stereocenters. The number of hydrogen-bond acceptors (Lipinski definition) is 4.